The van der Waals surface area contributed by atoms with Crippen molar-refractivity contribution >= 4 is 17.9 Å². The van der Waals surface area contributed by atoms with Gasteiger partial charge < -0.3 is 4.74 Å². The van der Waals surface area contributed by atoms with Crippen LogP contribution in [0.2, 0.25) is 5.02 Å². The van der Waals surface area contributed by atoms with E-state index < -0.39 is 0 Å². The largest absolute Gasteiger partial charge is 0.493 e. The lowest BCUT2D eigenvalue weighted by atomic mass is 10.2. The Balaban J connectivity index is 0.000000791. The zero-order valence-corrected chi connectivity index (χ0v) is 9.47. The summed E-state index contributed by atoms with van der Waals surface area (Å²) in [5.41, 5.74) is 0.490. The summed E-state index contributed by atoms with van der Waals surface area (Å²) in [4.78, 5) is 10.5. The quantitative estimate of drug-likeness (QED) is 0.719. The number of carbonyl (C=O) groups is 1. The highest BCUT2D eigenvalue weighted by Crippen LogP contribution is 2.20. The van der Waals surface area contributed by atoms with Crippen molar-refractivity contribution in [2.75, 3.05) is 6.61 Å². The minimum atomic E-state index is 0.490. The van der Waals surface area contributed by atoms with Crippen LogP contribution in [0.25, 0.3) is 0 Å². The molecule has 0 aromatic heterocycles. The van der Waals surface area contributed by atoms with Crippen LogP contribution >= 0.6 is 11.6 Å². The molecule has 0 heterocycles. The molecule has 1 aromatic rings. The van der Waals surface area contributed by atoms with E-state index in [4.69, 9.17) is 16.3 Å². The minimum absolute atomic E-state index is 0.490. The van der Waals surface area contributed by atoms with Gasteiger partial charge in [-0.25, -0.2) is 0 Å². The van der Waals surface area contributed by atoms with Crippen LogP contribution in [-0.2, 0) is 0 Å². The van der Waals surface area contributed by atoms with Crippen molar-refractivity contribution in [1.29, 1.82) is 0 Å². The van der Waals surface area contributed by atoms with Gasteiger partial charge in [0.05, 0.1) is 12.2 Å². The maximum atomic E-state index is 10.5. The maximum Gasteiger partial charge on any atom is 0.153 e. The summed E-state index contributed by atoms with van der Waals surface area (Å²) in [6, 6.07) is 4.97. The van der Waals surface area contributed by atoms with Gasteiger partial charge >= 0.3 is 0 Å². The molecule has 0 saturated carbocycles. The third-order valence-electron chi connectivity index (χ3n) is 1.40. The second-order valence-corrected chi connectivity index (χ2v) is 2.67. The van der Waals surface area contributed by atoms with Crippen molar-refractivity contribution in [3.63, 3.8) is 0 Å². The van der Waals surface area contributed by atoms with Gasteiger partial charge in [-0.05, 0) is 25.1 Å². The molecule has 0 radical (unpaired) electrons. The second-order valence-electron chi connectivity index (χ2n) is 2.23. The van der Waals surface area contributed by atoms with Crippen LogP contribution in [0, 0.1) is 0 Å². The normalized spacial score (nSPS) is 8.57. The average molecular weight is 215 g/mol. The fourth-order valence-corrected chi connectivity index (χ4v) is 1.08. The molecule has 0 N–H and O–H groups in total. The van der Waals surface area contributed by atoms with Crippen molar-refractivity contribution < 1.29 is 9.53 Å². The Morgan fingerprint density at radius 2 is 2.07 bits per heavy atom. The summed E-state index contributed by atoms with van der Waals surface area (Å²) in [5.74, 6) is 0.580. The summed E-state index contributed by atoms with van der Waals surface area (Å²) in [6.07, 6.45) is 0.733. The number of carbonyl (C=O) groups excluding carboxylic acids is 1. The Bertz CT molecular complexity index is 285. The van der Waals surface area contributed by atoms with Gasteiger partial charge in [-0.2, -0.15) is 0 Å². The van der Waals surface area contributed by atoms with E-state index in [-0.39, 0.29) is 0 Å². The molecule has 0 amide bonds. The molecule has 0 aliphatic heterocycles. The first-order valence-electron chi connectivity index (χ1n) is 4.65. The zero-order valence-electron chi connectivity index (χ0n) is 8.71. The van der Waals surface area contributed by atoms with E-state index in [1.165, 1.54) is 0 Å². The molecule has 0 spiro atoms. The zero-order chi connectivity index (χ0) is 11.0. The Hall–Kier alpha value is -1.02. The Labute approximate surface area is 89.8 Å². The van der Waals surface area contributed by atoms with Crippen LogP contribution in [0.4, 0.5) is 0 Å². The van der Waals surface area contributed by atoms with Crippen LogP contribution in [0.1, 0.15) is 31.1 Å². The highest BCUT2D eigenvalue weighted by atomic mass is 35.5. The molecule has 0 unspecified atom stereocenters. The van der Waals surface area contributed by atoms with E-state index in [2.05, 4.69) is 0 Å². The first-order chi connectivity index (χ1) is 6.77. The molecule has 0 aliphatic rings. The first kappa shape index (κ1) is 13.0. The Morgan fingerprint density at radius 3 is 2.57 bits per heavy atom. The monoisotopic (exact) mass is 214 g/mol. The van der Waals surface area contributed by atoms with Gasteiger partial charge in [0, 0.05) is 5.02 Å². The number of benzene rings is 1. The molecule has 0 bridgehead atoms. The molecule has 1 aromatic carbocycles. The smallest absolute Gasteiger partial charge is 0.153 e. The average Bonchev–Trinajstić information content (AvgIpc) is 2.24. The fraction of sp³-hybridized carbons (Fsp3) is 0.364. The minimum Gasteiger partial charge on any atom is -0.493 e. The van der Waals surface area contributed by atoms with Gasteiger partial charge in [0.2, 0.25) is 0 Å². The van der Waals surface area contributed by atoms with E-state index >= 15 is 0 Å². The van der Waals surface area contributed by atoms with Crippen LogP contribution < -0.4 is 4.74 Å². The van der Waals surface area contributed by atoms with Gasteiger partial charge in [0.25, 0.3) is 0 Å². The summed E-state index contributed by atoms with van der Waals surface area (Å²) in [7, 11) is 0. The van der Waals surface area contributed by atoms with E-state index in [1.54, 1.807) is 18.2 Å². The number of aldehydes is 1. The van der Waals surface area contributed by atoms with Crippen molar-refractivity contribution in [1.82, 2.24) is 0 Å². The molecule has 14 heavy (non-hydrogen) atoms. The number of ether oxygens (including phenoxy) is 1. The molecule has 1 rings (SSSR count). The van der Waals surface area contributed by atoms with Crippen LogP contribution in [0.15, 0.2) is 18.2 Å². The van der Waals surface area contributed by atoms with Crippen molar-refractivity contribution in [2.45, 2.75) is 20.8 Å². The Kier molecular flexibility index (Phi) is 6.85. The summed E-state index contributed by atoms with van der Waals surface area (Å²) >= 11 is 5.68. The van der Waals surface area contributed by atoms with Gasteiger partial charge in [0.15, 0.2) is 6.29 Å². The van der Waals surface area contributed by atoms with Crippen LogP contribution in [0.5, 0.6) is 5.75 Å². The van der Waals surface area contributed by atoms with E-state index in [0.29, 0.717) is 22.9 Å². The second kappa shape index (κ2) is 7.39. The van der Waals surface area contributed by atoms with Gasteiger partial charge in [-0.1, -0.05) is 25.4 Å². The molecule has 0 fully saturated rings. The van der Waals surface area contributed by atoms with Gasteiger partial charge in [-0.15, -0.1) is 0 Å². The third-order valence-corrected chi connectivity index (χ3v) is 1.63. The van der Waals surface area contributed by atoms with Gasteiger partial charge in [0.1, 0.15) is 5.75 Å². The number of hydrogen-bond acceptors (Lipinski definition) is 2. The first-order valence-corrected chi connectivity index (χ1v) is 5.03. The Morgan fingerprint density at radius 1 is 1.43 bits per heavy atom. The number of hydrogen-bond donors (Lipinski definition) is 0. The molecule has 0 aliphatic carbocycles. The molecule has 78 valence electrons. The number of rotatable bonds is 3. The summed E-state index contributed by atoms with van der Waals surface area (Å²) in [6.45, 7) is 6.41. The van der Waals surface area contributed by atoms with Crippen molar-refractivity contribution in [3.05, 3.63) is 28.8 Å². The van der Waals surface area contributed by atoms with Crippen LogP contribution in [-0.4, -0.2) is 12.9 Å². The topological polar surface area (TPSA) is 26.3 Å². The lowest BCUT2D eigenvalue weighted by Gasteiger charge is -2.04. The van der Waals surface area contributed by atoms with Gasteiger partial charge in [-0.3, -0.25) is 4.79 Å². The highest BCUT2D eigenvalue weighted by Gasteiger charge is 2.01. The summed E-state index contributed by atoms with van der Waals surface area (Å²) in [5, 5.41) is 0.542. The third kappa shape index (κ3) is 3.79. The molecule has 2 nitrogen and oxygen atoms in total. The van der Waals surface area contributed by atoms with Crippen molar-refractivity contribution in [3.8, 4) is 5.75 Å². The lowest BCUT2D eigenvalue weighted by molar-refractivity contribution is 0.112. The summed E-state index contributed by atoms with van der Waals surface area (Å²) < 4.78 is 5.19. The molecular weight excluding hydrogens is 200 g/mol. The molecule has 0 atom stereocenters. The predicted octanol–water partition coefficient (Wildman–Crippen LogP) is 3.58. The lowest BCUT2D eigenvalue weighted by Crippen LogP contribution is -1.95. The molecular formula is C11H15ClO2. The predicted molar refractivity (Wildman–Crippen MR) is 59.4 cm³/mol. The van der Waals surface area contributed by atoms with Crippen LogP contribution in [0.3, 0.4) is 0 Å². The van der Waals surface area contributed by atoms with E-state index in [9.17, 15) is 4.79 Å². The van der Waals surface area contributed by atoms with E-state index in [0.717, 1.165) is 6.29 Å². The SMILES string of the molecule is CC.CCOc1ccc(Cl)cc1C=O. The van der Waals surface area contributed by atoms with E-state index in [1.807, 2.05) is 20.8 Å². The standard InChI is InChI=1S/C9H9ClO2.C2H6/c1-2-12-9-4-3-8(10)5-7(9)6-11;1-2/h3-6H,2H2,1H3;1-2H3. The fourth-order valence-electron chi connectivity index (χ4n) is 0.898. The maximum absolute atomic E-state index is 10.5. The molecule has 3 heteroatoms. The van der Waals surface area contributed by atoms with Crippen molar-refractivity contribution in [2.24, 2.45) is 0 Å². The highest BCUT2D eigenvalue weighted by molar-refractivity contribution is 6.30. The number of halogens is 1. The molecule has 0 saturated heterocycles.